The van der Waals surface area contributed by atoms with Crippen molar-refractivity contribution in [1.82, 2.24) is 15.0 Å². The number of benzene rings is 1. The van der Waals surface area contributed by atoms with E-state index in [1.54, 1.807) is 19.3 Å². The lowest BCUT2D eigenvalue weighted by molar-refractivity contribution is -0.115. The Labute approximate surface area is 212 Å². The second kappa shape index (κ2) is 10.6. The fraction of sp³-hybridized carbons (Fsp3) is 0.333. The Balaban J connectivity index is 1.72. The molecule has 9 nitrogen and oxygen atoms in total. The third kappa shape index (κ3) is 4.98. The minimum absolute atomic E-state index is 0.0105. The zero-order valence-corrected chi connectivity index (χ0v) is 21.0. The number of hydrogen-bond donors (Lipinski definition) is 2. The van der Waals surface area contributed by atoms with Crippen molar-refractivity contribution in [3.63, 3.8) is 0 Å². The molecule has 2 N–H and O–H groups in total. The van der Waals surface area contributed by atoms with Crippen molar-refractivity contribution >= 4 is 51.5 Å². The van der Waals surface area contributed by atoms with Crippen LogP contribution in [0.25, 0.3) is 22.3 Å². The molecule has 2 atom stereocenters. The van der Waals surface area contributed by atoms with Crippen LogP contribution in [0.5, 0.6) is 11.5 Å². The summed E-state index contributed by atoms with van der Waals surface area (Å²) in [6, 6.07) is 3.41. The molecule has 0 bridgehead atoms. The molecule has 11 heteroatoms. The Kier molecular flexibility index (Phi) is 7.59. The zero-order chi connectivity index (χ0) is 25.1. The van der Waals surface area contributed by atoms with E-state index >= 15 is 0 Å². The van der Waals surface area contributed by atoms with Gasteiger partial charge in [-0.05, 0) is 12.1 Å². The zero-order valence-electron chi connectivity index (χ0n) is 19.5. The van der Waals surface area contributed by atoms with E-state index in [1.807, 2.05) is 6.07 Å². The SMILES string of the molecule is C=CC(=O)C[C@H]1COC[C@H]1Nc1cc2c(NC)nc(-c3c(Cl)c(OC)cc(OC)c3Cl)nc2cn1. The molecule has 0 saturated carbocycles. The lowest BCUT2D eigenvalue weighted by Gasteiger charge is -2.19. The second-order valence-electron chi connectivity index (χ2n) is 7.94. The first-order chi connectivity index (χ1) is 16.9. The normalized spacial score (nSPS) is 17.3. The fourth-order valence-corrected chi connectivity index (χ4v) is 4.66. The van der Waals surface area contributed by atoms with Crippen molar-refractivity contribution in [2.45, 2.75) is 12.5 Å². The standard InChI is InChI=1S/C24H25Cl2N5O4/c1-5-13(32)6-12-10-35-11-16(12)29-19-7-14-15(9-28-19)30-24(31-23(14)27-2)20-21(25)17(33-3)8-18(34-4)22(20)26/h5,7-9,12,16H,1,6,10-11H2,2-4H3,(H,28,29)(H,27,30,31)/t12-,16+/m0/s1. The number of ketones is 1. The number of fused-ring (bicyclic) bond motifs is 1. The summed E-state index contributed by atoms with van der Waals surface area (Å²) in [6.07, 6.45) is 3.35. The van der Waals surface area contributed by atoms with Crippen molar-refractivity contribution in [1.29, 1.82) is 0 Å². The molecule has 0 amide bonds. The summed E-state index contributed by atoms with van der Waals surface area (Å²) in [4.78, 5) is 25.7. The molecule has 1 aliphatic heterocycles. The van der Waals surface area contributed by atoms with Gasteiger partial charge in [-0.2, -0.15) is 0 Å². The number of carbonyl (C=O) groups excluding carboxylic acids is 1. The third-order valence-electron chi connectivity index (χ3n) is 5.84. The van der Waals surface area contributed by atoms with Crippen molar-refractivity contribution in [3.8, 4) is 22.9 Å². The second-order valence-corrected chi connectivity index (χ2v) is 8.70. The largest absolute Gasteiger partial charge is 0.495 e. The molecule has 0 aliphatic carbocycles. The minimum Gasteiger partial charge on any atom is -0.495 e. The monoisotopic (exact) mass is 517 g/mol. The Morgan fingerprint density at radius 3 is 2.54 bits per heavy atom. The number of halogens is 2. The molecular weight excluding hydrogens is 493 g/mol. The number of carbonyl (C=O) groups is 1. The fourth-order valence-electron chi connectivity index (χ4n) is 3.99. The number of anilines is 2. The molecule has 184 valence electrons. The van der Waals surface area contributed by atoms with E-state index in [1.165, 1.54) is 20.3 Å². The first kappa shape index (κ1) is 25.0. The Morgan fingerprint density at radius 1 is 1.20 bits per heavy atom. The third-order valence-corrected chi connectivity index (χ3v) is 6.59. The molecule has 35 heavy (non-hydrogen) atoms. The molecule has 1 saturated heterocycles. The topological polar surface area (TPSA) is 107 Å². The number of pyridine rings is 1. The highest BCUT2D eigenvalue weighted by molar-refractivity contribution is 6.41. The van der Waals surface area contributed by atoms with Crippen molar-refractivity contribution in [2.75, 3.05) is 45.1 Å². The van der Waals surface area contributed by atoms with Crippen LogP contribution in [0.3, 0.4) is 0 Å². The van der Waals surface area contributed by atoms with Gasteiger partial charge >= 0.3 is 0 Å². The van der Waals surface area contributed by atoms with Crippen LogP contribution in [0, 0.1) is 5.92 Å². The van der Waals surface area contributed by atoms with Gasteiger partial charge in [0.15, 0.2) is 11.6 Å². The average molecular weight is 518 g/mol. The first-order valence-electron chi connectivity index (χ1n) is 10.9. The summed E-state index contributed by atoms with van der Waals surface area (Å²) in [6.45, 7) is 4.54. The van der Waals surface area contributed by atoms with E-state index < -0.39 is 0 Å². The van der Waals surface area contributed by atoms with E-state index in [2.05, 4.69) is 32.2 Å². The van der Waals surface area contributed by atoms with E-state index in [4.69, 9.17) is 37.4 Å². The van der Waals surface area contributed by atoms with Gasteiger partial charge in [-0.3, -0.25) is 4.79 Å². The van der Waals surface area contributed by atoms with Crippen molar-refractivity contribution in [2.24, 2.45) is 5.92 Å². The van der Waals surface area contributed by atoms with E-state index in [-0.39, 0.29) is 27.8 Å². The molecule has 4 rings (SSSR count). The predicted molar refractivity (Wildman–Crippen MR) is 137 cm³/mol. The number of allylic oxidation sites excluding steroid dienone is 1. The maximum atomic E-state index is 11.8. The molecule has 1 aromatic carbocycles. The van der Waals surface area contributed by atoms with Gasteiger partial charge in [-0.25, -0.2) is 15.0 Å². The van der Waals surface area contributed by atoms with Gasteiger partial charge < -0.3 is 24.8 Å². The maximum absolute atomic E-state index is 11.8. The highest BCUT2D eigenvalue weighted by Gasteiger charge is 2.30. The lowest BCUT2D eigenvalue weighted by Crippen LogP contribution is -2.29. The smallest absolute Gasteiger partial charge is 0.165 e. The Morgan fingerprint density at radius 2 is 1.91 bits per heavy atom. The number of hydrogen-bond acceptors (Lipinski definition) is 9. The van der Waals surface area contributed by atoms with Crippen LogP contribution in [0.15, 0.2) is 31.0 Å². The summed E-state index contributed by atoms with van der Waals surface area (Å²) < 4.78 is 16.3. The van der Waals surface area contributed by atoms with Gasteiger partial charge in [0.1, 0.15) is 23.1 Å². The van der Waals surface area contributed by atoms with E-state index in [0.717, 1.165) is 5.39 Å². The van der Waals surface area contributed by atoms with Gasteiger partial charge in [0.25, 0.3) is 0 Å². The van der Waals surface area contributed by atoms with Crippen LogP contribution in [-0.4, -0.2) is 61.3 Å². The van der Waals surface area contributed by atoms with Crippen LogP contribution >= 0.6 is 23.2 Å². The molecule has 0 spiro atoms. The number of ether oxygens (including phenoxy) is 3. The summed E-state index contributed by atoms with van der Waals surface area (Å²) in [5.41, 5.74) is 0.975. The quantitative estimate of drug-likeness (QED) is 0.392. The Bertz CT molecular complexity index is 1260. The average Bonchev–Trinajstić information content (AvgIpc) is 3.29. The Hall–Kier alpha value is -3.14. The summed E-state index contributed by atoms with van der Waals surface area (Å²) in [5.74, 6) is 2.28. The van der Waals surface area contributed by atoms with Gasteiger partial charge in [0.05, 0.1) is 60.8 Å². The predicted octanol–water partition coefficient (Wildman–Crippen LogP) is 4.63. The van der Waals surface area contributed by atoms with Crippen LogP contribution in [0.1, 0.15) is 6.42 Å². The molecule has 0 unspecified atom stereocenters. The molecule has 2 aromatic heterocycles. The summed E-state index contributed by atoms with van der Waals surface area (Å²) in [7, 11) is 4.77. The highest BCUT2D eigenvalue weighted by Crippen LogP contribution is 2.45. The molecule has 3 aromatic rings. The van der Waals surface area contributed by atoms with E-state index in [0.29, 0.717) is 59.7 Å². The summed E-state index contributed by atoms with van der Waals surface area (Å²) in [5, 5.41) is 7.77. The van der Waals surface area contributed by atoms with Crippen LogP contribution < -0.4 is 20.1 Å². The molecule has 1 aliphatic rings. The van der Waals surface area contributed by atoms with Crippen LogP contribution in [0.4, 0.5) is 11.6 Å². The van der Waals surface area contributed by atoms with Gasteiger partial charge in [-0.1, -0.05) is 29.8 Å². The van der Waals surface area contributed by atoms with Crippen LogP contribution in [0.2, 0.25) is 10.0 Å². The number of nitrogens with one attached hydrogen (secondary N) is 2. The molecular formula is C24H25Cl2N5O4. The molecule has 0 radical (unpaired) electrons. The molecule has 3 heterocycles. The van der Waals surface area contributed by atoms with Gasteiger partial charge in [0, 0.05) is 30.8 Å². The van der Waals surface area contributed by atoms with Crippen molar-refractivity contribution < 1.29 is 19.0 Å². The minimum atomic E-state index is -0.0519. The lowest BCUT2D eigenvalue weighted by atomic mass is 9.97. The number of methoxy groups -OCH3 is 2. The van der Waals surface area contributed by atoms with Crippen molar-refractivity contribution in [3.05, 3.63) is 41.0 Å². The van der Waals surface area contributed by atoms with E-state index in [9.17, 15) is 4.79 Å². The van der Waals surface area contributed by atoms with Gasteiger partial charge in [0.2, 0.25) is 0 Å². The molecule has 1 fully saturated rings. The van der Waals surface area contributed by atoms with Gasteiger partial charge in [-0.15, -0.1) is 0 Å². The first-order valence-corrected chi connectivity index (χ1v) is 11.6. The number of nitrogens with zero attached hydrogens (tertiary/aromatic N) is 3. The van der Waals surface area contributed by atoms with Crippen LogP contribution in [-0.2, 0) is 9.53 Å². The summed E-state index contributed by atoms with van der Waals surface area (Å²) >= 11 is 13.1. The number of rotatable bonds is 9. The maximum Gasteiger partial charge on any atom is 0.165 e. The number of aromatic nitrogens is 3. The highest BCUT2D eigenvalue weighted by atomic mass is 35.5.